The van der Waals surface area contributed by atoms with Gasteiger partial charge in [-0.05, 0) is 30.2 Å². The molecule has 2 aromatic carbocycles. The highest BCUT2D eigenvalue weighted by Crippen LogP contribution is 2.31. The van der Waals surface area contributed by atoms with E-state index in [9.17, 15) is 9.59 Å². The van der Waals surface area contributed by atoms with E-state index in [1.165, 1.54) is 12.5 Å². The molecule has 0 unspecified atom stereocenters. The number of anilines is 1. The van der Waals surface area contributed by atoms with Crippen LogP contribution in [0.3, 0.4) is 0 Å². The van der Waals surface area contributed by atoms with Crippen molar-refractivity contribution in [3.63, 3.8) is 0 Å². The number of carbonyl (C=O) groups is 2. The SMILES string of the molecule is CC(=O)Nc1cccc(-c2cc3c(o2)CCN(C(=O)CCc2ccccc2)C3)c1. The summed E-state index contributed by atoms with van der Waals surface area (Å²) in [6.45, 7) is 2.75. The standard InChI is InChI=1S/C24H24N2O3/c1-17(27)25-21-9-5-8-19(14-21)23-15-20-16-26(13-12-22(20)29-23)24(28)11-10-18-6-3-2-4-7-18/h2-9,14-15H,10-13,16H2,1H3,(H,25,27). The summed E-state index contributed by atoms with van der Waals surface area (Å²) in [5, 5.41) is 2.79. The topological polar surface area (TPSA) is 62.6 Å². The van der Waals surface area contributed by atoms with Crippen molar-refractivity contribution in [1.82, 2.24) is 4.90 Å². The Balaban J connectivity index is 1.43. The van der Waals surface area contributed by atoms with Crippen molar-refractivity contribution in [2.24, 2.45) is 0 Å². The third kappa shape index (κ3) is 4.57. The van der Waals surface area contributed by atoms with E-state index in [2.05, 4.69) is 17.4 Å². The Hall–Kier alpha value is -3.34. The number of hydrogen-bond donors (Lipinski definition) is 1. The number of amides is 2. The van der Waals surface area contributed by atoms with E-state index in [-0.39, 0.29) is 11.8 Å². The lowest BCUT2D eigenvalue weighted by Gasteiger charge is -2.26. The van der Waals surface area contributed by atoms with Gasteiger partial charge in [-0.15, -0.1) is 0 Å². The first kappa shape index (κ1) is 19.0. The second-order valence-electron chi connectivity index (χ2n) is 7.37. The van der Waals surface area contributed by atoms with Crippen molar-refractivity contribution < 1.29 is 14.0 Å². The molecule has 0 atom stereocenters. The molecule has 1 N–H and O–H groups in total. The fourth-order valence-corrected chi connectivity index (χ4v) is 3.70. The van der Waals surface area contributed by atoms with E-state index in [0.717, 1.165) is 41.2 Å². The highest BCUT2D eigenvalue weighted by molar-refractivity contribution is 5.89. The van der Waals surface area contributed by atoms with E-state index in [4.69, 9.17) is 4.42 Å². The molecule has 0 bridgehead atoms. The van der Waals surface area contributed by atoms with Crippen LogP contribution in [0.2, 0.25) is 0 Å². The van der Waals surface area contributed by atoms with Crippen LogP contribution in [0.15, 0.2) is 65.1 Å². The third-order valence-electron chi connectivity index (χ3n) is 5.16. The van der Waals surface area contributed by atoms with Crippen LogP contribution in [0.5, 0.6) is 0 Å². The van der Waals surface area contributed by atoms with E-state index in [1.54, 1.807) is 0 Å². The summed E-state index contributed by atoms with van der Waals surface area (Å²) in [5.74, 6) is 1.78. The second-order valence-corrected chi connectivity index (χ2v) is 7.37. The summed E-state index contributed by atoms with van der Waals surface area (Å²) in [7, 11) is 0. The minimum atomic E-state index is -0.106. The maximum Gasteiger partial charge on any atom is 0.223 e. The molecule has 1 aliphatic rings. The van der Waals surface area contributed by atoms with Gasteiger partial charge in [0.05, 0.1) is 0 Å². The first-order valence-corrected chi connectivity index (χ1v) is 9.90. The maximum absolute atomic E-state index is 12.7. The maximum atomic E-state index is 12.7. The molecule has 148 valence electrons. The minimum absolute atomic E-state index is 0.106. The molecule has 1 aliphatic heterocycles. The van der Waals surface area contributed by atoms with Crippen LogP contribution >= 0.6 is 0 Å². The van der Waals surface area contributed by atoms with Crippen molar-refractivity contribution in [2.75, 3.05) is 11.9 Å². The molecular weight excluding hydrogens is 364 g/mol. The van der Waals surface area contributed by atoms with Gasteiger partial charge in [0.15, 0.2) is 0 Å². The van der Waals surface area contributed by atoms with Crippen molar-refractivity contribution in [3.8, 4) is 11.3 Å². The largest absolute Gasteiger partial charge is 0.461 e. The van der Waals surface area contributed by atoms with E-state index < -0.39 is 0 Å². The van der Waals surface area contributed by atoms with Crippen LogP contribution in [-0.4, -0.2) is 23.3 Å². The lowest BCUT2D eigenvalue weighted by molar-refractivity contribution is -0.132. The monoisotopic (exact) mass is 388 g/mol. The molecule has 0 saturated carbocycles. The van der Waals surface area contributed by atoms with Gasteiger partial charge in [0, 0.05) is 49.7 Å². The predicted molar refractivity (Wildman–Crippen MR) is 112 cm³/mol. The first-order valence-electron chi connectivity index (χ1n) is 9.90. The summed E-state index contributed by atoms with van der Waals surface area (Å²) in [5.41, 5.74) is 3.89. The number of aryl methyl sites for hydroxylation is 1. The Morgan fingerprint density at radius 2 is 1.90 bits per heavy atom. The molecule has 5 nitrogen and oxygen atoms in total. The third-order valence-corrected chi connectivity index (χ3v) is 5.16. The first-order chi connectivity index (χ1) is 14.1. The molecule has 2 amide bonds. The fourth-order valence-electron chi connectivity index (χ4n) is 3.70. The van der Waals surface area contributed by atoms with E-state index in [1.807, 2.05) is 53.4 Å². The Labute approximate surface area is 170 Å². The summed E-state index contributed by atoms with van der Waals surface area (Å²) < 4.78 is 6.06. The van der Waals surface area contributed by atoms with Crippen LogP contribution in [0, 0.1) is 0 Å². The molecule has 0 spiro atoms. The Bertz CT molecular complexity index is 1020. The molecule has 0 radical (unpaired) electrons. The number of nitrogens with one attached hydrogen (secondary N) is 1. The molecule has 0 fully saturated rings. The summed E-state index contributed by atoms with van der Waals surface area (Å²) in [4.78, 5) is 25.9. The van der Waals surface area contributed by atoms with Gasteiger partial charge in [-0.3, -0.25) is 9.59 Å². The molecule has 3 aromatic rings. The smallest absolute Gasteiger partial charge is 0.223 e. The molecule has 5 heteroatoms. The van der Waals surface area contributed by atoms with Crippen molar-refractivity contribution in [1.29, 1.82) is 0 Å². The molecule has 4 rings (SSSR count). The van der Waals surface area contributed by atoms with Crippen LogP contribution in [0.4, 0.5) is 5.69 Å². The van der Waals surface area contributed by atoms with Gasteiger partial charge >= 0.3 is 0 Å². The number of hydrogen-bond acceptors (Lipinski definition) is 3. The van der Waals surface area contributed by atoms with Crippen molar-refractivity contribution in [2.45, 2.75) is 32.7 Å². The molecule has 1 aromatic heterocycles. The Morgan fingerprint density at radius 1 is 1.07 bits per heavy atom. The number of nitrogens with zero attached hydrogens (tertiary/aromatic N) is 1. The van der Waals surface area contributed by atoms with Gasteiger partial charge in [-0.2, -0.15) is 0 Å². The Morgan fingerprint density at radius 3 is 2.69 bits per heavy atom. The second kappa shape index (κ2) is 8.35. The van der Waals surface area contributed by atoms with Gasteiger partial charge in [-0.25, -0.2) is 0 Å². The summed E-state index contributed by atoms with van der Waals surface area (Å²) >= 11 is 0. The fraction of sp³-hybridized carbons (Fsp3) is 0.250. The zero-order chi connectivity index (χ0) is 20.2. The number of benzene rings is 2. The van der Waals surface area contributed by atoms with Gasteiger partial charge in [-0.1, -0.05) is 42.5 Å². The molecule has 0 aliphatic carbocycles. The van der Waals surface area contributed by atoms with Crippen LogP contribution in [-0.2, 0) is 29.0 Å². The minimum Gasteiger partial charge on any atom is -0.461 e. The highest BCUT2D eigenvalue weighted by Gasteiger charge is 2.24. The molecular formula is C24H24N2O3. The number of rotatable bonds is 5. The van der Waals surface area contributed by atoms with Crippen LogP contribution in [0.1, 0.15) is 30.2 Å². The predicted octanol–water partition coefficient (Wildman–Crippen LogP) is 4.42. The molecule has 0 saturated heterocycles. The van der Waals surface area contributed by atoms with Gasteiger partial charge < -0.3 is 14.6 Å². The quantitative estimate of drug-likeness (QED) is 0.704. The van der Waals surface area contributed by atoms with Crippen molar-refractivity contribution >= 4 is 17.5 Å². The van der Waals surface area contributed by atoms with Gasteiger partial charge in [0.1, 0.15) is 11.5 Å². The normalized spacial score (nSPS) is 13.1. The molecule has 29 heavy (non-hydrogen) atoms. The lowest BCUT2D eigenvalue weighted by atomic mass is 10.1. The highest BCUT2D eigenvalue weighted by atomic mass is 16.3. The summed E-state index contributed by atoms with van der Waals surface area (Å²) in [6, 6.07) is 19.7. The van der Waals surface area contributed by atoms with Crippen LogP contribution in [0.25, 0.3) is 11.3 Å². The van der Waals surface area contributed by atoms with E-state index in [0.29, 0.717) is 19.5 Å². The summed E-state index contributed by atoms with van der Waals surface area (Å²) in [6.07, 6.45) is 2.00. The van der Waals surface area contributed by atoms with Crippen molar-refractivity contribution in [3.05, 3.63) is 77.6 Å². The molecule has 2 heterocycles. The number of furan rings is 1. The lowest BCUT2D eigenvalue weighted by Crippen LogP contribution is -2.35. The zero-order valence-corrected chi connectivity index (χ0v) is 16.5. The average molecular weight is 388 g/mol. The Kier molecular flexibility index (Phi) is 5.47. The zero-order valence-electron chi connectivity index (χ0n) is 16.5. The average Bonchev–Trinajstić information content (AvgIpc) is 3.16. The number of fused-ring (bicyclic) bond motifs is 1. The number of carbonyl (C=O) groups excluding carboxylic acids is 2. The van der Waals surface area contributed by atoms with Gasteiger partial charge in [0.2, 0.25) is 11.8 Å². The van der Waals surface area contributed by atoms with Crippen LogP contribution < -0.4 is 5.32 Å². The van der Waals surface area contributed by atoms with E-state index >= 15 is 0 Å². The van der Waals surface area contributed by atoms with Gasteiger partial charge in [0.25, 0.3) is 0 Å².